The summed E-state index contributed by atoms with van der Waals surface area (Å²) in [5.74, 6) is 0.266. The van der Waals surface area contributed by atoms with Gasteiger partial charge in [-0.05, 0) is 38.1 Å². The van der Waals surface area contributed by atoms with Crippen LogP contribution in [0.5, 0.6) is 0 Å². The first-order valence-electron chi connectivity index (χ1n) is 11.3. The van der Waals surface area contributed by atoms with E-state index in [1.807, 2.05) is 0 Å². The average molecular weight is 371 g/mol. The van der Waals surface area contributed by atoms with Crippen LogP contribution in [0.3, 0.4) is 0 Å². The van der Waals surface area contributed by atoms with E-state index in [0.717, 1.165) is 12.8 Å². The molecular weight excluding hydrogens is 324 g/mol. The van der Waals surface area contributed by atoms with E-state index < -0.39 is 6.04 Å². The maximum Gasteiger partial charge on any atom is 0.322 e. The molecule has 0 fully saturated rings. The van der Waals surface area contributed by atoms with Crippen molar-refractivity contribution in [3.8, 4) is 0 Å². The van der Waals surface area contributed by atoms with Crippen LogP contribution >= 0.6 is 0 Å². The van der Waals surface area contributed by atoms with Gasteiger partial charge in [0.25, 0.3) is 0 Å². The molecule has 0 aromatic rings. The molecule has 0 amide bonds. The molecule has 4 N–H and O–H groups in total. The minimum Gasteiger partial charge on any atom is -0.464 e. The van der Waals surface area contributed by atoms with Gasteiger partial charge in [-0.25, -0.2) is 0 Å². The van der Waals surface area contributed by atoms with E-state index in [-0.39, 0.29) is 5.97 Å². The number of unbranched alkanes of at least 4 members (excludes halogenated alkanes) is 9. The molecule has 0 aromatic heterocycles. The molecule has 2 atom stereocenters. The zero-order valence-corrected chi connectivity index (χ0v) is 17.6. The van der Waals surface area contributed by atoms with Crippen molar-refractivity contribution in [2.24, 2.45) is 17.4 Å². The van der Waals surface area contributed by atoms with Crippen molar-refractivity contribution in [3.63, 3.8) is 0 Å². The van der Waals surface area contributed by atoms with Crippen LogP contribution in [0.15, 0.2) is 0 Å². The molecule has 1 unspecified atom stereocenters. The summed E-state index contributed by atoms with van der Waals surface area (Å²) >= 11 is 0. The summed E-state index contributed by atoms with van der Waals surface area (Å²) in [4.78, 5) is 12.1. The van der Waals surface area contributed by atoms with Gasteiger partial charge in [-0.2, -0.15) is 0 Å². The van der Waals surface area contributed by atoms with Crippen LogP contribution in [0.1, 0.15) is 110 Å². The van der Waals surface area contributed by atoms with Gasteiger partial charge in [-0.3, -0.25) is 4.79 Å². The average Bonchev–Trinajstić information content (AvgIpc) is 2.65. The van der Waals surface area contributed by atoms with Crippen molar-refractivity contribution in [2.75, 3.05) is 13.2 Å². The van der Waals surface area contributed by atoms with E-state index in [4.69, 9.17) is 16.2 Å². The first-order valence-corrected chi connectivity index (χ1v) is 11.3. The molecule has 4 heteroatoms. The van der Waals surface area contributed by atoms with Gasteiger partial charge in [0, 0.05) is 0 Å². The Morgan fingerprint density at radius 3 is 1.85 bits per heavy atom. The van der Waals surface area contributed by atoms with E-state index in [1.54, 1.807) is 0 Å². The van der Waals surface area contributed by atoms with E-state index in [2.05, 4.69) is 13.8 Å². The van der Waals surface area contributed by atoms with E-state index in [1.165, 1.54) is 77.0 Å². The van der Waals surface area contributed by atoms with Crippen molar-refractivity contribution in [2.45, 2.75) is 116 Å². The Bertz CT molecular complexity index is 311. The largest absolute Gasteiger partial charge is 0.464 e. The minimum absolute atomic E-state index is 0.233. The van der Waals surface area contributed by atoms with Crippen molar-refractivity contribution in [1.29, 1.82) is 0 Å². The number of carbonyl (C=O) groups excluding carboxylic acids is 1. The second kappa shape index (κ2) is 19.2. The third-order valence-electron chi connectivity index (χ3n) is 5.17. The van der Waals surface area contributed by atoms with Gasteiger partial charge < -0.3 is 16.2 Å². The first-order chi connectivity index (χ1) is 12.7. The number of hydrogen-bond acceptors (Lipinski definition) is 4. The maximum atomic E-state index is 12.1. The Morgan fingerprint density at radius 1 is 0.769 bits per heavy atom. The molecular formula is C22H46N2O2. The Morgan fingerprint density at radius 2 is 1.27 bits per heavy atom. The first kappa shape index (κ1) is 25.4. The van der Waals surface area contributed by atoms with Gasteiger partial charge in [0.1, 0.15) is 6.04 Å². The highest BCUT2D eigenvalue weighted by Gasteiger charge is 2.17. The summed E-state index contributed by atoms with van der Waals surface area (Å²) in [6.45, 7) is 5.69. The lowest BCUT2D eigenvalue weighted by Crippen LogP contribution is -2.33. The standard InChI is InChI=1S/C22H46N2O2/c1-3-5-7-9-10-12-16-20(15-11-8-6-4-2)19-26-22(25)21(24)17-13-14-18-23/h20-21H,3-19,23-24H2,1-2H3/t20?,21-/m0/s1. The smallest absolute Gasteiger partial charge is 0.322 e. The SMILES string of the molecule is CCCCCCCCC(CCCCCC)COC(=O)[C@@H](N)CCCCN. The molecule has 0 aromatic carbocycles. The van der Waals surface area contributed by atoms with Gasteiger partial charge in [0.2, 0.25) is 0 Å². The highest BCUT2D eigenvalue weighted by Crippen LogP contribution is 2.19. The molecule has 26 heavy (non-hydrogen) atoms. The lowest BCUT2D eigenvalue weighted by atomic mass is 9.95. The van der Waals surface area contributed by atoms with Gasteiger partial charge >= 0.3 is 5.97 Å². The van der Waals surface area contributed by atoms with Crippen LogP contribution in [0, 0.1) is 5.92 Å². The van der Waals surface area contributed by atoms with Crippen molar-refractivity contribution < 1.29 is 9.53 Å². The quantitative estimate of drug-likeness (QED) is 0.238. The van der Waals surface area contributed by atoms with E-state index in [0.29, 0.717) is 25.5 Å². The lowest BCUT2D eigenvalue weighted by Gasteiger charge is -2.19. The predicted molar refractivity (Wildman–Crippen MR) is 112 cm³/mol. The molecule has 0 aliphatic heterocycles. The van der Waals surface area contributed by atoms with Crippen LogP contribution in [0.4, 0.5) is 0 Å². The van der Waals surface area contributed by atoms with Gasteiger partial charge in [-0.1, -0.05) is 84.5 Å². The van der Waals surface area contributed by atoms with Crippen LogP contribution in [0.25, 0.3) is 0 Å². The Balaban J connectivity index is 4.09. The molecule has 0 heterocycles. The number of nitrogens with two attached hydrogens (primary N) is 2. The van der Waals surface area contributed by atoms with Crippen LogP contribution in [-0.4, -0.2) is 25.2 Å². The van der Waals surface area contributed by atoms with Crippen molar-refractivity contribution in [1.82, 2.24) is 0 Å². The summed E-state index contributed by atoms with van der Waals surface area (Å²) in [6.07, 6.45) is 17.8. The van der Waals surface area contributed by atoms with E-state index in [9.17, 15) is 4.79 Å². The van der Waals surface area contributed by atoms with Gasteiger partial charge in [0.05, 0.1) is 6.61 Å². The fourth-order valence-corrected chi connectivity index (χ4v) is 3.32. The Hall–Kier alpha value is -0.610. The summed E-state index contributed by atoms with van der Waals surface area (Å²) in [6, 6.07) is -0.490. The van der Waals surface area contributed by atoms with Gasteiger partial charge in [0.15, 0.2) is 0 Å². The topological polar surface area (TPSA) is 78.3 Å². The van der Waals surface area contributed by atoms with Gasteiger partial charge in [-0.15, -0.1) is 0 Å². The van der Waals surface area contributed by atoms with Crippen molar-refractivity contribution >= 4 is 5.97 Å². The molecule has 0 aliphatic rings. The highest BCUT2D eigenvalue weighted by atomic mass is 16.5. The third-order valence-corrected chi connectivity index (χ3v) is 5.17. The summed E-state index contributed by atoms with van der Waals surface area (Å²) in [5, 5.41) is 0. The monoisotopic (exact) mass is 370 g/mol. The molecule has 0 bridgehead atoms. The maximum absolute atomic E-state index is 12.1. The number of rotatable bonds is 19. The van der Waals surface area contributed by atoms with Crippen LogP contribution in [0.2, 0.25) is 0 Å². The molecule has 0 saturated carbocycles. The zero-order chi connectivity index (χ0) is 19.5. The summed E-state index contributed by atoms with van der Waals surface area (Å²) in [7, 11) is 0. The second-order valence-corrected chi connectivity index (χ2v) is 7.79. The Labute approximate surface area is 162 Å². The van der Waals surface area contributed by atoms with Crippen molar-refractivity contribution in [3.05, 3.63) is 0 Å². The lowest BCUT2D eigenvalue weighted by molar-refractivity contribution is -0.147. The highest BCUT2D eigenvalue weighted by molar-refractivity contribution is 5.75. The molecule has 0 radical (unpaired) electrons. The molecule has 0 aliphatic carbocycles. The van der Waals surface area contributed by atoms with E-state index >= 15 is 0 Å². The summed E-state index contributed by atoms with van der Waals surface area (Å²) < 4.78 is 5.55. The number of ether oxygens (including phenoxy) is 1. The fourth-order valence-electron chi connectivity index (χ4n) is 3.32. The normalized spacial score (nSPS) is 13.5. The molecule has 0 rings (SSSR count). The fraction of sp³-hybridized carbons (Fsp3) is 0.955. The summed E-state index contributed by atoms with van der Waals surface area (Å²) in [5.41, 5.74) is 11.4. The molecule has 4 nitrogen and oxygen atoms in total. The van der Waals surface area contributed by atoms with Crippen LogP contribution in [-0.2, 0) is 9.53 Å². The minimum atomic E-state index is -0.490. The molecule has 156 valence electrons. The number of esters is 1. The second-order valence-electron chi connectivity index (χ2n) is 7.79. The number of hydrogen-bond donors (Lipinski definition) is 2. The zero-order valence-electron chi connectivity index (χ0n) is 17.6. The van der Waals surface area contributed by atoms with Crippen LogP contribution < -0.4 is 11.5 Å². The number of carbonyl (C=O) groups is 1. The predicted octanol–water partition coefficient (Wildman–Crippen LogP) is 5.32. The molecule has 0 spiro atoms. The third kappa shape index (κ3) is 15.6. The molecule has 0 saturated heterocycles. The Kier molecular flexibility index (Phi) is 18.7.